The highest BCUT2D eigenvalue weighted by molar-refractivity contribution is 6.21. The summed E-state index contributed by atoms with van der Waals surface area (Å²) in [5.41, 5.74) is 0.718. The molecule has 1 aromatic rings. The molecule has 1 heterocycles. The maximum absolute atomic E-state index is 12.7. The molecule has 1 aliphatic rings. The Bertz CT molecular complexity index is 760. The fraction of sp³-hybridized carbons (Fsp3) is 0.640. The maximum atomic E-state index is 12.7. The van der Waals surface area contributed by atoms with E-state index in [0.29, 0.717) is 0 Å². The summed E-state index contributed by atoms with van der Waals surface area (Å²) in [6.45, 7) is 8.05. The zero-order chi connectivity index (χ0) is 22.8. The van der Waals surface area contributed by atoms with Crippen LogP contribution in [0.25, 0.3) is 0 Å². The van der Waals surface area contributed by atoms with Crippen molar-refractivity contribution in [3.63, 3.8) is 0 Å². The molecule has 0 spiro atoms. The number of fused-ring (bicyclic) bond motifs is 1. The van der Waals surface area contributed by atoms with E-state index in [1.165, 1.54) is 24.6 Å². The number of ether oxygens (including phenoxy) is 1. The predicted octanol–water partition coefficient (Wildman–Crippen LogP) is 6.09. The number of hydrogen-bond donors (Lipinski definition) is 0. The van der Waals surface area contributed by atoms with Crippen LogP contribution in [0.15, 0.2) is 18.2 Å². The molecule has 1 aliphatic heterocycles. The van der Waals surface area contributed by atoms with E-state index in [4.69, 9.17) is 9.57 Å². The zero-order valence-electron chi connectivity index (χ0n) is 19.4. The second-order valence-electron chi connectivity index (χ2n) is 8.50. The van der Waals surface area contributed by atoms with E-state index in [9.17, 15) is 14.4 Å². The van der Waals surface area contributed by atoms with E-state index in [1.54, 1.807) is 0 Å². The third-order valence-corrected chi connectivity index (χ3v) is 5.61. The number of carbonyl (C=O) groups is 3. The molecule has 0 aliphatic carbocycles. The molecule has 0 saturated heterocycles. The first-order valence-corrected chi connectivity index (χ1v) is 11.8. The highest BCUT2D eigenvalue weighted by atomic mass is 16.7. The average Bonchev–Trinajstić information content (AvgIpc) is 2.98. The van der Waals surface area contributed by atoms with Crippen LogP contribution in [0.2, 0.25) is 0 Å². The SMILES string of the molecule is CCCCCCC(C)OC(=O)c1ccc2c(c1)C(=O)N(OC(C)CCCCCC)C2=O. The third kappa shape index (κ3) is 7.17. The summed E-state index contributed by atoms with van der Waals surface area (Å²) in [5.74, 6) is -1.48. The zero-order valence-corrected chi connectivity index (χ0v) is 19.4. The summed E-state index contributed by atoms with van der Waals surface area (Å²) in [4.78, 5) is 43.5. The van der Waals surface area contributed by atoms with Gasteiger partial charge in [-0.05, 0) is 51.3 Å². The van der Waals surface area contributed by atoms with Crippen molar-refractivity contribution in [3.05, 3.63) is 34.9 Å². The lowest BCUT2D eigenvalue weighted by atomic mass is 10.1. The number of hydrogen-bond acceptors (Lipinski definition) is 5. The van der Waals surface area contributed by atoms with Crippen LogP contribution in [0.5, 0.6) is 0 Å². The van der Waals surface area contributed by atoms with E-state index in [1.807, 2.05) is 13.8 Å². The Hall–Kier alpha value is -2.21. The van der Waals surface area contributed by atoms with Gasteiger partial charge >= 0.3 is 5.97 Å². The number of unbranched alkanes of at least 4 members (excludes halogenated alkanes) is 6. The van der Waals surface area contributed by atoms with Crippen molar-refractivity contribution in [2.24, 2.45) is 0 Å². The molecule has 31 heavy (non-hydrogen) atoms. The van der Waals surface area contributed by atoms with Crippen molar-refractivity contribution in [1.82, 2.24) is 5.06 Å². The monoisotopic (exact) mass is 431 g/mol. The van der Waals surface area contributed by atoms with Gasteiger partial charge < -0.3 is 4.74 Å². The Morgan fingerprint density at radius 3 is 2.03 bits per heavy atom. The van der Waals surface area contributed by atoms with Crippen LogP contribution in [0.3, 0.4) is 0 Å². The minimum atomic E-state index is -0.525. The molecule has 0 saturated carbocycles. The Balaban J connectivity index is 1.95. The summed E-state index contributed by atoms with van der Waals surface area (Å²) in [6, 6.07) is 4.48. The first kappa shape index (κ1) is 25.1. The molecule has 0 radical (unpaired) electrons. The maximum Gasteiger partial charge on any atom is 0.338 e. The Kier molecular flexibility index (Phi) is 10.2. The number of hydroxylamine groups is 2. The predicted molar refractivity (Wildman–Crippen MR) is 120 cm³/mol. The van der Waals surface area contributed by atoms with Crippen molar-refractivity contribution in [1.29, 1.82) is 0 Å². The molecular weight excluding hydrogens is 394 g/mol. The molecular formula is C25H37NO5. The third-order valence-electron chi connectivity index (χ3n) is 5.61. The summed E-state index contributed by atoms with van der Waals surface area (Å²) in [6.07, 6.45) is 10.0. The van der Waals surface area contributed by atoms with Crippen LogP contribution in [-0.2, 0) is 9.57 Å². The van der Waals surface area contributed by atoms with Gasteiger partial charge in [-0.2, -0.15) is 0 Å². The second kappa shape index (κ2) is 12.6. The molecule has 2 atom stereocenters. The number of imide groups is 1. The van der Waals surface area contributed by atoms with Gasteiger partial charge in [-0.25, -0.2) is 4.79 Å². The molecule has 0 N–H and O–H groups in total. The molecule has 2 amide bonds. The standard InChI is InChI=1S/C25H37NO5/c1-5-7-9-11-13-18(3)30-25(29)20-15-16-21-22(17-20)24(28)26(23(21)27)31-19(4)14-12-10-8-6-2/h15-19H,5-14H2,1-4H3. The Morgan fingerprint density at radius 2 is 1.42 bits per heavy atom. The average molecular weight is 432 g/mol. The minimum absolute atomic E-state index is 0.188. The van der Waals surface area contributed by atoms with Crippen LogP contribution in [0.4, 0.5) is 0 Å². The van der Waals surface area contributed by atoms with Crippen molar-refractivity contribution < 1.29 is 24.0 Å². The van der Waals surface area contributed by atoms with E-state index in [0.717, 1.165) is 62.9 Å². The first-order valence-electron chi connectivity index (χ1n) is 11.8. The number of benzene rings is 1. The van der Waals surface area contributed by atoms with Gasteiger partial charge in [0.25, 0.3) is 11.8 Å². The molecule has 0 aromatic heterocycles. The highest BCUT2D eigenvalue weighted by Crippen LogP contribution is 2.26. The number of rotatable bonds is 14. The molecule has 172 valence electrons. The van der Waals surface area contributed by atoms with Gasteiger partial charge in [0.15, 0.2) is 0 Å². The lowest BCUT2D eigenvalue weighted by molar-refractivity contribution is -0.128. The highest BCUT2D eigenvalue weighted by Gasteiger charge is 2.38. The van der Waals surface area contributed by atoms with Gasteiger partial charge in [0.1, 0.15) is 0 Å². The van der Waals surface area contributed by atoms with Gasteiger partial charge in [0.2, 0.25) is 0 Å². The summed E-state index contributed by atoms with van der Waals surface area (Å²) < 4.78 is 5.51. The second-order valence-corrected chi connectivity index (χ2v) is 8.50. The van der Waals surface area contributed by atoms with Gasteiger partial charge in [-0.3, -0.25) is 14.4 Å². The van der Waals surface area contributed by atoms with Gasteiger partial charge in [0, 0.05) is 0 Å². The van der Waals surface area contributed by atoms with Crippen molar-refractivity contribution >= 4 is 17.8 Å². The number of nitrogens with zero attached hydrogens (tertiary/aromatic N) is 1. The molecule has 6 nitrogen and oxygen atoms in total. The molecule has 0 bridgehead atoms. The molecule has 2 rings (SSSR count). The normalized spacial score (nSPS) is 15.2. The quantitative estimate of drug-likeness (QED) is 0.202. The van der Waals surface area contributed by atoms with Crippen molar-refractivity contribution in [2.45, 2.75) is 104 Å². The smallest absolute Gasteiger partial charge is 0.338 e. The molecule has 6 heteroatoms. The molecule has 1 aromatic carbocycles. The van der Waals surface area contributed by atoms with E-state index in [2.05, 4.69) is 13.8 Å². The summed E-state index contributed by atoms with van der Waals surface area (Å²) >= 11 is 0. The van der Waals surface area contributed by atoms with Crippen LogP contribution in [0.1, 0.15) is 123 Å². The number of esters is 1. The van der Waals surface area contributed by atoms with Gasteiger partial charge in [0.05, 0.1) is 28.9 Å². The topological polar surface area (TPSA) is 72.9 Å². The van der Waals surface area contributed by atoms with Crippen LogP contribution < -0.4 is 0 Å². The van der Waals surface area contributed by atoms with Crippen molar-refractivity contribution in [3.8, 4) is 0 Å². The largest absolute Gasteiger partial charge is 0.459 e. The fourth-order valence-electron chi connectivity index (χ4n) is 3.70. The summed E-state index contributed by atoms with van der Waals surface area (Å²) in [5, 5.41) is 0.834. The lowest BCUT2D eigenvalue weighted by Crippen LogP contribution is -2.33. The Morgan fingerprint density at radius 1 is 0.839 bits per heavy atom. The van der Waals surface area contributed by atoms with Crippen LogP contribution >= 0.6 is 0 Å². The fourth-order valence-corrected chi connectivity index (χ4v) is 3.70. The minimum Gasteiger partial charge on any atom is -0.459 e. The van der Waals surface area contributed by atoms with E-state index in [-0.39, 0.29) is 28.9 Å². The van der Waals surface area contributed by atoms with Gasteiger partial charge in [-0.1, -0.05) is 58.8 Å². The number of carbonyl (C=O) groups excluding carboxylic acids is 3. The molecule has 0 fully saturated rings. The number of amides is 2. The first-order chi connectivity index (χ1) is 14.9. The van der Waals surface area contributed by atoms with E-state index < -0.39 is 17.8 Å². The van der Waals surface area contributed by atoms with E-state index >= 15 is 0 Å². The molecule has 2 unspecified atom stereocenters. The van der Waals surface area contributed by atoms with Crippen LogP contribution in [0, 0.1) is 0 Å². The van der Waals surface area contributed by atoms with Gasteiger partial charge in [-0.15, -0.1) is 5.06 Å². The lowest BCUT2D eigenvalue weighted by Gasteiger charge is -2.19. The summed E-state index contributed by atoms with van der Waals surface area (Å²) in [7, 11) is 0. The Labute approximate surface area is 186 Å². The van der Waals surface area contributed by atoms with Crippen LogP contribution in [-0.4, -0.2) is 35.1 Å². The van der Waals surface area contributed by atoms with Crippen molar-refractivity contribution in [2.75, 3.05) is 0 Å².